The summed E-state index contributed by atoms with van der Waals surface area (Å²) in [7, 11) is 0. The lowest BCUT2D eigenvalue weighted by Crippen LogP contribution is -2.26. The molecule has 1 aliphatic heterocycles. The van der Waals surface area contributed by atoms with Crippen LogP contribution in [-0.4, -0.2) is 56.5 Å². The van der Waals surface area contributed by atoms with Crippen molar-refractivity contribution >= 4 is 52.1 Å². The molecule has 1 aliphatic rings. The number of hydrogen-bond acceptors (Lipinski definition) is 8. The van der Waals surface area contributed by atoms with Crippen LogP contribution in [0.1, 0.15) is 80.9 Å². The van der Waals surface area contributed by atoms with Crippen LogP contribution in [0.4, 0.5) is 5.69 Å². The largest absolute Gasteiger partial charge is 0.478 e. The number of nitrogens with zero attached hydrogens (tertiary/aromatic N) is 4. The molecule has 3 heterocycles. The van der Waals surface area contributed by atoms with Crippen LogP contribution in [0.2, 0.25) is 5.02 Å². The molecule has 0 saturated heterocycles. The number of aromatic carboxylic acids is 1. The van der Waals surface area contributed by atoms with Crippen molar-refractivity contribution in [3.63, 3.8) is 0 Å². The summed E-state index contributed by atoms with van der Waals surface area (Å²) in [6, 6.07) is 11.4. The number of aromatic nitrogens is 3. The number of aliphatic imine (C=N–C) groups is 1. The molecule has 13 heteroatoms. The van der Waals surface area contributed by atoms with Gasteiger partial charge in [0.05, 0.1) is 24.2 Å². The number of aryl methyl sites for hydroxylation is 2. The van der Waals surface area contributed by atoms with Crippen molar-refractivity contribution in [2.24, 2.45) is 10.7 Å². The number of rotatable bonds is 10. The van der Waals surface area contributed by atoms with Gasteiger partial charge in [0.15, 0.2) is 5.82 Å². The number of anilines is 1. The summed E-state index contributed by atoms with van der Waals surface area (Å²) in [6.07, 6.45) is 1.42. The SMILES string of the molecule is Cc1sc2c(c1C)C(c1ccc(Cl)cc1)=N[C@@H](CC(=O)NCCCCC(=O)Nc1ccc(C(=O)O)c(C#CCN)c1)c1nnc(C)n1-2. The number of halogens is 1. The molecule has 2 amide bonds. The Labute approximate surface area is 281 Å². The Balaban J connectivity index is 1.21. The van der Waals surface area contributed by atoms with Crippen molar-refractivity contribution < 1.29 is 19.5 Å². The smallest absolute Gasteiger partial charge is 0.336 e. The van der Waals surface area contributed by atoms with Crippen molar-refractivity contribution in [3.8, 4) is 16.8 Å². The maximum Gasteiger partial charge on any atom is 0.336 e. The second-order valence-electron chi connectivity index (χ2n) is 11.0. The van der Waals surface area contributed by atoms with E-state index in [4.69, 9.17) is 22.3 Å². The average molecular weight is 672 g/mol. The summed E-state index contributed by atoms with van der Waals surface area (Å²) in [5.41, 5.74) is 9.96. The number of thiophene rings is 1. The van der Waals surface area contributed by atoms with Crippen LogP contribution in [0.5, 0.6) is 0 Å². The van der Waals surface area contributed by atoms with Crippen molar-refractivity contribution in [2.45, 2.75) is 52.5 Å². The maximum atomic E-state index is 13.2. The van der Waals surface area contributed by atoms with Crippen LogP contribution >= 0.6 is 22.9 Å². The lowest BCUT2D eigenvalue weighted by molar-refractivity contribution is -0.121. The Morgan fingerprint density at radius 2 is 1.83 bits per heavy atom. The number of carboxylic acid groups (broad SMARTS) is 1. The van der Waals surface area contributed by atoms with Gasteiger partial charge in [-0.3, -0.25) is 19.1 Å². The molecule has 11 nitrogen and oxygen atoms in total. The summed E-state index contributed by atoms with van der Waals surface area (Å²) in [5, 5.41) is 25.5. The van der Waals surface area contributed by atoms with Gasteiger partial charge in [0.2, 0.25) is 11.8 Å². The number of carbonyl (C=O) groups excluding carboxylic acids is 2. The number of nitrogens with one attached hydrogen (secondary N) is 2. The van der Waals surface area contributed by atoms with Gasteiger partial charge in [0, 0.05) is 45.2 Å². The minimum atomic E-state index is -1.11. The average Bonchev–Trinajstić information content (AvgIpc) is 3.51. The molecule has 1 atom stereocenters. The fourth-order valence-electron chi connectivity index (χ4n) is 5.30. The van der Waals surface area contributed by atoms with Crippen LogP contribution in [0, 0.1) is 32.6 Å². The van der Waals surface area contributed by atoms with E-state index in [-0.39, 0.29) is 42.3 Å². The number of amides is 2. The van der Waals surface area contributed by atoms with Crippen LogP contribution in [0.3, 0.4) is 0 Å². The Bertz CT molecular complexity index is 1940. The first-order valence-electron chi connectivity index (χ1n) is 15.1. The highest BCUT2D eigenvalue weighted by Gasteiger charge is 2.32. The van der Waals surface area contributed by atoms with E-state index in [1.807, 2.05) is 35.8 Å². The van der Waals surface area contributed by atoms with Gasteiger partial charge in [0.1, 0.15) is 16.9 Å². The second-order valence-corrected chi connectivity index (χ2v) is 12.7. The first-order chi connectivity index (χ1) is 22.6. The Morgan fingerprint density at radius 3 is 2.55 bits per heavy atom. The first-order valence-corrected chi connectivity index (χ1v) is 16.3. The number of carbonyl (C=O) groups is 3. The van der Waals surface area contributed by atoms with Gasteiger partial charge in [-0.25, -0.2) is 4.79 Å². The lowest BCUT2D eigenvalue weighted by atomic mass is 9.99. The number of carboxylic acids is 1. The zero-order valence-corrected chi connectivity index (χ0v) is 27.8. The molecular formula is C34H34ClN7O4S. The molecule has 242 valence electrons. The van der Waals surface area contributed by atoms with Gasteiger partial charge in [-0.05, 0) is 69.5 Å². The van der Waals surface area contributed by atoms with E-state index in [9.17, 15) is 19.5 Å². The van der Waals surface area contributed by atoms with E-state index in [1.165, 1.54) is 23.1 Å². The molecule has 0 aliphatic carbocycles. The van der Waals surface area contributed by atoms with Crippen LogP contribution in [-0.2, 0) is 9.59 Å². The zero-order valence-electron chi connectivity index (χ0n) is 26.2. The number of fused-ring (bicyclic) bond motifs is 3. The molecular weight excluding hydrogens is 638 g/mol. The number of hydrogen-bond donors (Lipinski definition) is 4. The molecule has 5 rings (SSSR count). The Kier molecular flexibility index (Phi) is 10.5. The molecule has 2 aromatic carbocycles. The zero-order chi connectivity index (χ0) is 33.7. The summed E-state index contributed by atoms with van der Waals surface area (Å²) in [4.78, 5) is 43.5. The van der Waals surface area contributed by atoms with Crippen molar-refractivity contribution in [1.29, 1.82) is 0 Å². The summed E-state index contributed by atoms with van der Waals surface area (Å²) >= 11 is 7.84. The normalized spacial score (nSPS) is 13.4. The lowest BCUT2D eigenvalue weighted by Gasteiger charge is -2.13. The third-order valence-electron chi connectivity index (χ3n) is 7.75. The van der Waals surface area contributed by atoms with E-state index < -0.39 is 12.0 Å². The third kappa shape index (κ3) is 7.60. The topological polar surface area (TPSA) is 165 Å². The molecule has 0 bridgehead atoms. The van der Waals surface area contributed by atoms with Gasteiger partial charge < -0.3 is 21.5 Å². The summed E-state index contributed by atoms with van der Waals surface area (Å²) in [6.45, 7) is 6.52. The Hall–Kier alpha value is -4.83. The molecule has 47 heavy (non-hydrogen) atoms. The highest BCUT2D eigenvalue weighted by Crippen LogP contribution is 2.39. The molecule has 0 fully saturated rings. The number of nitrogens with two attached hydrogens (primary N) is 1. The number of benzene rings is 2. The predicted molar refractivity (Wildman–Crippen MR) is 183 cm³/mol. The quantitative estimate of drug-likeness (QED) is 0.134. The monoisotopic (exact) mass is 671 g/mol. The predicted octanol–water partition coefficient (Wildman–Crippen LogP) is 5.12. The molecule has 0 spiro atoms. The molecule has 0 saturated carbocycles. The van der Waals surface area contributed by atoms with Gasteiger partial charge in [-0.2, -0.15) is 0 Å². The number of unbranched alkanes of at least 4 members (excludes halogenated alkanes) is 1. The molecule has 2 aromatic heterocycles. The van der Waals surface area contributed by atoms with Gasteiger partial charge >= 0.3 is 5.97 Å². The molecule has 4 aromatic rings. The van der Waals surface area contributed by atoms with Gasteiger partial charge in [-0.1, -0.05) is 35.6 Å². The van der Waals surface area contributed by atoms with Crippen LogP contribution in [0.15, 0.2) is 47.5 Å². The van der Waals surface area contributed by atoms with Gasteiger partial charge in [-0.15, -0.1) is 21.5 Å². The van der Waals surface area contributed by atoms with Crippen LogP contribution < -0.4 is 16.4 Å². The highest BCUT2D eigenvalue weighted by molar-refractivity contribution is 7.15. The standard InChI is InChI=1S/C34H34ClN7O4S/c1-19-20(2)47-33-30(19)31(22-9-11-24(35)12-10-22)39-27(32-41-40-21(3)42(32)33)18-29(44)37-16-5-4-8-28(43)38-25-13-14-26(34(45)46)23(17-25)7-6-15-36/h9-14,17,27H,4-5,8,15-16,18,36H2,1-3H3,(H,37,44)(H,38,43)(H,45,46)/t27-/m0/s1. The van der Waals surface area contributed by atoms with E-state index in [0.29, 0.717) is 35.9 Å². The van der Waals surface area contributed by atoms with Crippen molar-refractivity contribution in [2.75, 3.05) is 18.4 Å². The summed E-state index contributed by atoms with van der Waals surface area (Å²) < 4.78 is 2.01. The highest BCUT2D eigenvalue weighted by atomic mass is 35.5. The first kappa shape index (κ1) is 33.5. The minimum absolute atomic E-state index is 0.0344. The fourth-order valence-corrected chi connectivity index (χ4v) is 6.64. The molecule has 0 radical (unpaired) electrons. The molecule has 0 unspecified atom stereocenters. The maximum absolute atomic E-state index is 13.2. The van der Waals surface area contributed by atoms with E-state index in [2.05, 4.69) is 46.5 Å². The minimum Gasteiger partial charge on any atom is -0.478 e. The Morgan fingerprint density at radius 1 is 1.06 bits per heavy atom. The van der Waals surface area contributed by atoms with Crippen molar-refractivity contribution in [3.05, 3.63) is 91.8 Å². The van der Waals surface area contributed by atoms with Crippen molar-refractivity contribution in [1.82, 2.24) is 20.1 Å². The van der Waals surface area contributed by atoms with E-state index >= 15 is 0 Å². The fraction of sp³-hybridized carbons (Fsp3) is 0.294. The second kappa shape index (κ2) is 14.7. The summed E-state index contributed by atoms with van der Waals surface area (Å²) in [5.74, 6) is 5.17. The van der Waals surface area contributed by atoms with E-state index in [0.717, 1.165) is 33.2 Å². The van der Waals surface area contributed by atoms with Crippen LogP contribution in [0.25, 0.3) is 5.00 Å². The van der Waals surface area contributed by atoms with Gasteiger partial charge in [0.25, 0.3) is 0 Å². The third-order valence-corrected chi connectivity index (χ3v) is 9.19. The molecule has 5 N–H and O–H groups in total. The van der Waals surface area contributed by atoms with E-state index in [1.54, 1.807) is 11.3 Å².